The van der Waals surface area contributed by atoms with Crippen LogP contribution in [0.5, 0.6) is 0 Å². The summed E-state index contributed by atoms with van der Waals surface area (Å²) in [5.74, 6) is 0. The molecule has 0 saturated carbocycles. The average Bonchev–Trinajstić information content (AvgIpc) is 3.73. The maximum Gasteiger partial charge on any atom is -0.00130 e. The topological polar surface area (TPSA) is 0 Å². The molecule has 0 saturated heterocycles. The summed E-state index contributed by atoms with van der Waals surface area (Å²) in [6.45, 7) is 19.2. The van der Waals surface area contributed by atoms with Gasteiger partial charge in [0.15, 0.2) is 0 Å². The molecule has 0 atom stereocenters. The Labute approximate surface area is 453 Å². The zero-order chi connectivity index (χ0) is 52.0. The van der Waals surface area contributed by atoms with E-state index in [4.69, 9.17) is 0 Å². The van der Waals surface area contributed by atoms with Crippen molar-refractivity contribution in [2.45, 2.75) is 317 Å². The Morgan fingerprint density at radius 1 is 0.274 bits per heavy atom. The summed E-state index contributed by atoms with van der Waals surface area (Å²) in [4.78, 5) is 0. The molecule has 0 aromatic heterocycles. The van der Waals surface area contributed by atoms with Crippen molar-refractivity contribution in [3.63, 3.8) is 0 Å². The van der Waals surface area contributed by atoms with E-state index in [9.17, 15) is 0 Å². The Balaban J connectivity index is 1.11. The van der Waals surface area contributed by atoms with Gasteiger partial charge in [0.1, 0.15) is 0 Å². The average molecular weight is 992 g/mol. The van der Waals surface area contributed by atoms with Crippen molar-refractivity contribution in [1.82, 2.24) is 0 Å². The maximum absolute atomic E-state index is 2.62. The van der Waals surface area contributed by atoms with Crippen LogP contribution in [0.1, 0.15) is 320 Å². The van der Waals surface area contributed by atoms with E-state index in [1.54, 1.807) is 0 Å². The van der Waals surface area contributed by atoms with Gasteiger partial charge in [-0.2, -0.15) is 0 Å². The lowest BCUT2D eigenvalue weighted by Crippen LogP contribution is -2.14. The Kier molecular flexibility index (Phi) is 28.7. The second kappa shape index (κ2) is 34.5. The zero-order valence-electron chi connectivity index (χ0n) is 49.5. The second-order valence-electron chi connectivity index (χ2n) is 25.6. The minimum Gasteiger partial charge on any atom is -0.0654 e. The molecule has 1 aliphatic rings. The normalized spacial score (nSPS) is 12.5. The van der Waals surface area contributed by atoms with E-state index < -0.39 is 0 Å². The monoisotopic (exact) mass is 991 g/mol. The summed E-state index contributed by atoms with van der Waals surface area (Å²) in [5.41, 5.74) is 17.9. The molecule has 406 valence electrons. The number of hydrogen-bond donors (Lipinski definition) is 0. The van der Waals surface area contributed by atoms with Crippen LogP contribution in [0, 0.1) is 0 Å². The summed E-state index contributed by atoms with van der Waals surface area (Å²) >= 11 is 0. The first-order chi connectivity index (χ1) is 35.5. The summed E-state index contributed by atoms with van der Waals surface area (Å²) in [7, 11) is 0. The number of unbranched alkanes of at least 4 members (excludes halogenated alkanes) is 34. The van der Waals surface area contributed by atoms with Crippen molar-refractivity contribution in [2.75, 3.05) is 0 Å². The molecule has 0 heterocycles. The van der Waals surface area contributed by atoms with E-state index in [0.717, 1.165) is 6.42 Å². The highest BCUT2D eigenvalue weighted by atomic mass is 14.3. The minimum atomic E-state index is 0.0334. The van der Waals surface area contributed by atoms with Crippen molar-refractivity contribution in [1.29, 1.82) is 0 Å². The van der Waals surface area contributed by atoms with Gasteiger partial charge >= 0.3 is 0 Å². The van der Waals surface area contributed by atoms with Crippen LogP contribution < -0.4 is 0 Å². The summed E-state index contributed by atoms with van der Waals surface area (Å²) in [6, 6.07) is 29.3. The third kappa shape index (κ3) is 21.8. The maximum atomic E-state index is 2.62. The van der Waals surface area contributed by atoms with Crippen molar-refractivity contribution in [2.24, 2.45) is 0 Å². The van der Waals surface area contributed by atoms with Crippen molar-refractivity contribution >= 4 is 0 Å². The Hall–Kier alpha value is -3.12. The van der Waals surface area contributed by atoms with Gasteiger partial charge in [0.2, 0.25) is 0 Å². The number of aryl methyl sites for hydroxylation is 2. The number of benzene rings is 4. The van der Waals surface area contributed by atoms with Crippen LogP contribution in [-0.4, -0.2) is 0 Å². The van der Waals surface area contributed by atoms with Crippen LogP contribution in [0.15, 0.2) is 72.8 Å². The molecule has 5 rings (SSSR count). The molecule has 4 aromatic rings. The van der Waals surface area contributed by atoms with Gasteiger partial charge in [-0.25, -0.2) is 0 Å². The fourth-order valence-electron chi connectivity index (χ4n) is 12.4. The highest BCUT2D eigenvalue weighted by Crippen LogP contribution is 2.48. The minimum absolute atomic E-state index is 0.0334. The van der Waals surface area contributed by atoms with E-state index in [1.165, 1.54) is 311 Å². The molecular weight excluding hydrogens is 877 g/mol. The van der Waals surface area contributed by atoms with Gasteiger partial charge < -0.3 is 0 Å². The molecule has 1 aliphatic carbocycles. The lowest BCUT2D eigenvalue weighted by Gasteiger charge is -2.27. The van der Waals surface area contributed by atoms with E-state index in [2.05, 4.69) is 128 Å². The van der Waals surface area contributed by atoms with Gasteiger partial charge in [-0.3, -0.25) is 0 Å². The smallest absolute Gasteiger partial charge is 0.00130 e. The summed E-state index contributed by atoms with van der Waals surface area (Å²) < 4.78 is 0. The third-order valence-electron chi connectivity index (χ3n) is 17.0. The molecule has 73 heavy (non-hydrogen) atoms. The van der Waals surface area contributed by atoms with Gasteiger partial charge in [0.25, 0.3) is 0 Å². The molecule has 0 heteroatoms. The molecular formula is C73H114. The van der Waals surface area contributed by atoms with E-state index >= 15 is 0 Å². The molecule has 0 spiro atoms. The highest BCUT2D eigenvalue weighted by Gasteiger charge is 2.30. The summed E-state index contributed by atoms with van der Waals surface area (Å²) in [6.07, 6.45) is 54.6. The number of rotatable bonds is 40. The van der Waals surface area contributed by atoms with Crippen molar-refractivity contribution < 1.29 is 0 Å². The van der Waals surface area contributed by atoms with Gasteiger partial charge in [-0.1, -0.05) is 322 Å². The van der Waals surface area contributed by atoms with Crippen LogP contribution >= 0.6 is 0 Å². The molecule has 0 bridgehead atoms. The van der Waals surface area contributed by atoms with Crippen molar-refractivity contribution in [3.05, 3.63) is 106 Å². The fraction of sp³-hybridized carbons (Fsp3) is 0.671. The van der Waals surface area contributed by atoms with Gasteiger partial charge in [0, 0.05) is 0 Å². The second-order valence-corrected chi connectivity index (χ2v) is 25.6. The predicted molar refractivity (Wildman–Crippen MR) is 328 cm³/mol. The Morgan fingerprint density at radius 2 is 0.521 bits per heavy atom. The first kappa shape index (κ1) is 60.7. The van der Waals surface area contributed by atoms with Gasteiger partial charge in [-0.15, -0.1) is 0 Å². The predicted octanol–water partition coefficient (Wildman–Crippen LogP) is 24.4. The molecule has 0 N–H and O–H groups in total. The van der Waals surface area contributed by atoms with E-state index in [-0.39, 0.29) is 10.8 Å². The Morgan fingerprint density at radius 3 is 0.781 bits per heavy atom. The highest BCUT2D eigenvalue weighted by molar-refractivity contribution is 5.87. The quantitative estimate of drug-likeness (QED) is 0.0343. The van der Waals surface area contributed by atoms with Crippen LogP contribution in [0.25, 0.3) is 33.4 Å². The van der Waals surface area contributed by atoms with Crippen LogP contribution in [0.4, 0.5) is 0 Å². The first-order valence-corrected chi connectivity index (χ1v) is 32.0. The fourth-order valence-corrected chi connectivity index (χ4v) is 12.4. The van der Waals surface area contributed by atoms with E-state index in [1.807, 2.05) is 0 Å². The number of fused-ring (bicyclic) bond motifs is 3. The standard InChI is InChI=1S/C73H114/c1-9-11-13-15-17-19-21-23-25-27-29-31-33-35-37-39-41-43-49-60-51-45-47-53-64(60)68-56-62-55-63-57-69(71(73(6,7)8)59-67(63)66(62)58-70(68)72(3,4)5)65-54-48-46-52-61(65)50-44-42-40-38-36-34-32-30-28-26-24-22-20-18-16-14-12-10-2/h45-48,51-54,56-59H,9-44,49-50,55H2,1-8H3. The zero-order valence-corrected chi connectivity index (χ0v) is 49.5. The number of hydrogen-bond acceptors (Lipinski definition) is 0. The molecule has 0 fully saturated rings. The molecule has 0 aliphatic heterocycles. The molecule has 4 aromatic carbocycles. The van der Waals surface area contributed by atoms with Crippen LogP contribution in [-0.2, 0) is 30.1 Å². The summed E-state index contributed by atoms with van der Waals surface area (Å²) in [5, 5.41) is 0. The van der Waals surface area contributed by atoms with Crippen LogP contribution in [0.3, 0.4) is 0 Å². The third-order valence-corrected chi connectivity index (χ3v) is 17.0. The van der Waals surface area contributed by atoms with E-state index in [0.29, 0.717) is 0 Å². The first-order valence-electron chi connectivity index (χ1n) is 32.0. The lowest BCUT2D eigenvalue weighted by atomic mass is 9.77. The van der Waals surface area contributed by atoms with Gasteiger partial charge in [0.05, 0.1) is 0 Å². The van der Waals surface area contributed by atoms with Crippen LogP contribution in [0.2, 0.25) is 0 Å². The van der Waals surface area contributed by atoms with Crippen molar-refractivity contribution in [3.8, 4) is 33.4 Å². The SMILES string of the molecule is CCCCCCCCCCCCCCCCCCCCc1ccccc1-c1cc2c(cc1C(C)(C)C)-c1cc(C(C)(C)C)c(-c3ccccc3CCCCCCCCCCCCCCCCCCCC)cc1C2. The Bertz CT molecular complexity index is 1930. The lowest BCUT2D eigenvalue weighted by molar-refractivity contribution is 0.525. The molecule has 0 nitrogen and oxygen atoms in total. The molecule has 0 radical (unpaired) electrons. The largest absolute Gasteiger partial charge is 0.0654 e. The molecule has 0 amide bonds. The van der Waals surface area contributed by atoms with Gasteiger partial charge in [-0.05, 0) is 134 Å². The molecule has 0 unspecified atom stereocenters.